The third-order valence-corrected chi connectivity index (χ3v) is 4.64. The summed E-state index contributed by atoms with van der Waals surface area (Å²) in [6.07, 6.45) is 0. The second-order valence-corrected chi connectivity index (χ2v) is 5.85. The smallest absolute Gasteiger partial charge is 0.123 e. The Labute approximate surface area is 113 Å². The first-order valence-electron chi connectivity index (χ1n) is 5.61. The lowest BCUT2D eigenvalue weighted by Crippen LogP contribution is -1.79. The Hall–Kier alpha value is -1.45. The van der Waals surface area contributed by atoms with Crippen LogP contribution in [0.25, 0.3) is 21.6 Å². The van der Waals surface area contributed by atoms with Gasteiger partial charge in [0.15, 0.2) is 0 Å². The van der Waals surface area contributed by atoms with E-state index in [2.05, 4.69) is 29.1 Å². The van der Waals surface area contributed by atoms with E-state index in [1.165, 1.54) is 33.7 Å². The van der Waals surface area contributed by atoms with Gasteiger partial charge in [-0.25, -0.2) is 4.39 Å². The fourth-order valence-corrected chi connectivity index (χ4v) is 3.78. The largest absolute Gasteiger partial charge is 0.207 e. The van der Waals surface area contributed by atoms with Crippen molar-refractivity contribution in [3.63, 3.8) is 0 Å². The Bertz CT molecular complexity index is 662. The minimum Gasteiger partial charge on any atom is -0.207 e. The summed E-state index contributed by atoms with van der Waals surface area (Å²) in [4.78, 5) is 1.27. The van der Waals surface area contributed by atoms with Crippen LogP contribution in [0.4, 0.5) is 4.39 Å². The van der Waals surface area contributed by atoms with Crippen molar-refractivity contribution in [2.24, 2.45) is 0 Å². The van der Waals surface area contributed by atoms with Gasteiger partial charge in [-0.2, -0.15) is 11.3 Å². The molecule has 0 aliphatic rings. The van der Waals surface area contributed by atoms with Crippen LogP contribution in [0.3, 0.4) is 0 Å². The van der Waals surface area contributed by atoms with Crippen LogP contribution < -0.4 is 0 Å². The van der Waals surface area contributed by atoms with Crippen LogP contribution in [0.15, 0.2) is 46.5 Å². The topological polar surface area (TPSA) is 0 Å². The lowest BCUT2D eigenvalue weighted by Gasteiger charge is -2.02. The minimum absolute atomic E-state index is 0.192. The lowest BCUT2D eigenvalue weighted by atomic mass is 10.0. The summed E-state index contributed by atoms with van der Waals surface area (Å²) < 4.78 is 13.0. The Balaban J connectivity index is 2.09. The van der Waals surface area contributed by atoms with Crippen molar-refractivity contribution in [3.8, 4) is 21.6 Å². The molecule has 1 aromatic carbocycles. The molecule has 3 heteroatoms. The molecule has 18 heavy (non-hydrogen) atoms. The SMILES string of the molecule is Cc1csc(-c2cscc2-c2ccc(F)cc2)c1. The number of rotatable bonds is 2. The van der Waals surface area contributed by atoms with Gasteiger partial charge in [0.25, 0.3) is 0 Å². The predicted octanol–water partition coefficient (Wildman–Crippen LogP) is 5.59. The third kappa shape index (κ3) is 2.11. The summed E-state index contributed by atoms with van der Waals surface area (Å²) in [5.74, 6) is -0.192. The number of aryl methyl sites for hydroxylation is 1. The highest BCUT2D eigenvalue weighted by molar-refractivity contribution is 7.14. The lowest BCUT2D eigenvalue weighted by molar-refractivity contribution is 0.628. The Morgan fingerprint density at radius 3 is 2.33 bits per heavy atom. The molecule has 2 aromatic heterocycles. The van der Waals surface area contributed by atoms with E-state index in [-0.39, 0.29) is 5.82 Å². The highest BCUT2D eigenvalue weighted by atomic mass is 32.1. The fourth-order valence-electron chi connectivity index (χ4n) is 1.91. The summed E-state index contributed by atoms with van der Waals surface area (Å²) in [6.45, 7) is 2.10. The van der Waals surface area contributed by atoms with E-state index in [1.807, 2.05) is 12.1 Å². The molecule has 0 spiro atoms. The summed E-state index contributed by atoms with van der Waals surface area (Å²) in [6, 6.07) is 8.88. The highest BCUT2D eigenvalue weighted by Crippen LogP contribution is 2.38. The van der Waals surface area contributed by atoms with Crippen LogP contribution in [0.5, 0.6) is 0 Å². The van der Waals surface area contributed by atoms with Gasteiger partial charge < -0.3 is 0 Å². The average molecular weight is 274 g/mol. The van der Waals surface area contributed by atoms with Gasteiger partial charge >= 0.3 is 0 Å². The van der Waals surface area contributed by atoms with Crippen molar-refractivity contribution in [2.45, 2.75) is 6.92 Å². The van der Waals surface area contributed by atoms with Gasteiger partial charge in [-0.3, -0.25) is 0 Å². The number of halogens is 1. The summed E-state index contributed by atoms with van der Waals surface area (Å²) in [7, 11) is 0. The van der Waals surface area contributed by atoms with Gasteiger partial charge in [0.1, 0.15) is 5.82 Å². The molecule has 0 saturated carbocycles. The minimum atomic E-state index is -0.192. The molecule has 3 rings (SSSR count). The first-order valence-corrected chi connectivity index (χ1v) is 7.44. The number of benzene rings is 1. The van der Waals surface area contributed by atoms with Gasteiger partial charge in [-0.1, -0.05) is 12.1 Å². The molecule has 0 nitrogen and oxygen atoms in total. The van der Waals surface area contributed by atoms with Gasteiger partial charge in [0.05, 0.1) is 0 Å². The van der Waals surface area contributed by atoms with E-state index in [4.69, 9.17) is 0 Å². The first-order chi connectivity index (χ1) is 8.74. The zero-order valence-corrected chi connectivity index (χ0v) is 11.4. The number of thiophene rings is 2. The molecular formula is C15H11FS2. The van der Waals surface area contributed by atoms with Gasteiger partial charge in [-0.15, -0.1) is 11.3 Å². The predicted molar refractivity (Wildman–Crippen MR) is 77.8 cm³/mol. The summed E-state index contributed by atoms with van der Waals surface area (Å²) in [5.41, 5.74) is 4.77. The molecule has 0 amide bonds. The van der Waals surface area contributed by atoms with E-state index >= 15 is 0 Å². The van der Waals surface area contributed by atoms with Crippen molar-refractivity contribution < 1.29 is 4.39 Å². The zero-order chi connectivity index (χ0) is 12.5. The normalized spacial score (nSPS) is 10.8. The molecule has 90 valence electrons. The fraction of sp³-hybridized carbons (Fsp3) is 0.0667. The average Bonchev–Trinajstić information content (AvgIpc) is 2.98. The Morgan fingerprint density at radius 1 is 0.944 bits per heavy atom. The van der Waals surface area contributed by atoms with E-state index in [9.17, 15) is 4.39 Å². The van der Waals surface area contributed by atoms with Crippen LogP contribution in [0.1, 0.15) is 5.56 Å². The Kier molecular flexibility index (Phi) is 3.02. The molecule has 0 fully saturated rings. The van der Waals surface area contributed by atoms with Crippen molar-refractivity contribution >= 4 is 22.7 Å². The van der Waals surface area contributed by atoms with E-state index in [0.29, 0.717) is 0 Å². The maximum atomic E-state index is 13.0. The molecule has 0 aliphatic heterocycles. The molecule has 2 heterocycles. The first kappa shape index (κ1) is 11.6. The Morgan fingerprint density at radius 2 is 1.67 bits per heavy atom. The molecule has 0 bridgehead atoms. The standard InChI is InChI=1S/C15H11FS2/c1-10-6-15(18-7-10)14-9-17-8-13(14)11-2-4-12(16)5-3-11/h2-9H,1H3. The maximum absolute atomic E-state index is 13.0. The quantitative estimate of drug-likeness (QED) is 0.571. The van der Waals surface area contributed by atoms with Crippen molar-refractivity contribution in [3.05, 3.63) is 57.9 Å². The molecule has 0 N–H and O–H groups in total. The second kappa shape index (κ2) is 4.67. The highest BCUT2D eigenvalue weighted by Gasteiger charge is 2.10. The van der Waals surface area contributed by atoms with Gasteiger partial charge in [0, 0.05) is 16.0 Å². The second-order valence-electron chi connectivity index (χ2n) is 4.19. The zero-order valence-electron chi connectivity index (χ0n) is 9.81. The monoisotopic (exact) mass is 274 g/mol. The summed E-state index contributed by atoms with van der Waals surface area (Å²) in [5, 5.41) is 6.43. The van der Waals surface area contributed by atoms with Gasteiger partial charge in [-0.05, 0) is 52.4 Å². The molecule has 3 aromatic rings. The maximum Gasteiger partial charge on any atom is 0.123 e. The summed E-state index contributed by atoms with van der Waals surface area (Å²) >= 11 is 3.43. The molecule has 0 aliphatic carbocycles. The van der Waals surface area contributed by atoms with Crippen LogP contribution in [0, 0.1) is 12.7 Å². The van der Waals surface area contributed by atoms with E-state index < -0.39 is 0 Å². The van der Waals surface area contributed by atoms with E-state index in [1.54, 1.807) is 22.7 Å². The molecule has 0 unspecified atom stereocenters. The third-order valence-electron chi connectivity index (χ3n) is 2.81. The van der Waals surface area contributed by atoms with Crippen LogP contribution in [0.2, 0.25) is 0 Å². The number of hydrogen-bond acceptors (Lipinski definition) is 2. The van der Waals surface area contributed by atoms with Crippen LogP contribution in [-0.4, -0.2) is 0 Å². The molecule has 0 radical (unpaired) electrons. The molecular weight excluding hydrogens is 263 g/mol. The van der Waals surface area contributed by atoms with E-state index in [0.717, 1.165) is 5.56 Å². The molecule has 0 saturated heterocycles. The van der Waals surface area contributed by atoms with Crippen LogP contribution >= 0.6 is 22.7 Å². The van der Waals surface area contributed by atoms with Gasteiger partial charge in [0.2, 0.25) is 0 Å². The molecule has 0 atom stereocenters. The van der Waals surface area contributed by atoms with Crippen molar-refractivity contribution in [1.82, 2.24) is 0 Å². The van der Waals surface area contributed by atoms with Crippen molar-refractivity contribution in [2.75, 3.05) is 0 Å². The van der Waals surface area contributed by atoms with Crippen molar-refractivity contribution in [1.29, 1.82) is 0 Å². The van der Waals surface area contributed by atoms with Crippen LogP contribution in [-0.2, 0) is 0 Å². The number of hydrogen-bond donors (Lipinski definition) is 0.